The highest BCUT2D eigenvalue weighted by Crippen LogP contribution is 2.27. The monoisotopic (exact) mass is 424 g/mol. The van der Waals surface area contributed by atoms with Gasteiger partial charge in [-0.15, -0.1) is 0 Å². The molecule has 0 aliphatic heterocycles. The van der Waals surface area contributed by atoms with Crippen LogP contribution < -0.4 is 14.8 Å². The number of nitrogens with one attached hydrogen (secondary N) is 2. The second-order valence-electron chi connectivity index (χ2n) is 6.60. The summed E-state index contributed by atoms with van der Waals surface area (Å²) in [5.41, 5.74) is 1.86. The number of amides is 1. The van der Waals surface area contributed by atoms with Crippen LogP contribution in [0.4, 0.5) is 5.69 Å². The Kier molecular flexibility index (Phi) is 7.86. The van der Waals surface area contributed by atoms with E-state index in [1.807, 2.05) is 31.2 Å². The smallest absolute Gasteiger partial charge is 0.262 e. The van der Waals surface area contributed by atoms with Gasteiger partial charge in [-0.2, -0.15) is 0 Å². The maximum absolute atomic E-state index is 12.1. The number of hydrogen-bond acceptors (Lipinski definition) is 4. The molecule has 0 atom stereocenters. The highest BCUT2D eigenvalue weighted by atomic mass is 35.5. The van der Waals surface area contributed by atoms with Crippen LogP contribution in [-0.2, 0) is 14.8 Å². The number of carbonyl (C=O) groups is 1. The van der Waals surface area contributed by atoms with E-state index in [-0.39, 0.29) is 28.2 Å². The van der Waals surface area contributed by atoms with Gasteiger partial charge in [0.25, 0.3) is 5.91 Å². The van der Waals surface area contributed by atoms with Crippen LogP contribution >= 0.6 is 11.6 Å². The van der Waals surface area contributed by atoms with Crippen molar-refractivity contribution in [2.24, 2.45) is 0 Å². The van der Waals surface area contributed by atoms with Crippen LogP contribution in [0.1, 0.15) is 38.7 Å². The van der Waals surface area contributed by atoms with Gasteiger partial charge < -0.3 is 10.1 Å². The molecule has 2 aromatic carbocycles. The summed E-state index contributed by atoms with van der Waals surface area (Å²) < 4.78 is 32.1. The quantitative estimate of drug-likeness (QED) is 0.632. The Morgan fingerprint density at radius 3 is 2.39 bits per heavy atom. The summed E-state index contributed by atoms with van der Waals surface area (Å²) in [5, 5.41) is 2.86. The topological polar surface area (TPSA) is 84.5 Å². The van der Waals surface area contributed by atoms with Crippen LogP contribution in [0.3, 0.4) is 0 Å². The third-order valence-electron chi connectivity index (χ3n) is 3.98. The third kappa shape index (κ3) is 6.22. The highest BCUT2D eigenvalue weighted by Gasteiger charge is 2.16. The molecule has 28 heavy (non-hydrogen) atoms. The number of carbonyl (C=O) groups excluding carboxylic acids is 1. The predicted octanol–water partition coefficient (Wildman–Crippen LogP) is 4.17. The molecule has 2 aromatic rings. The van der Waals surface area contributed by atoms with Crippen molar-refractivity contribution in [3.63, 3.8) is 0 Å². The average molecular weight is 425 g/mol. The van der Waals surface area contributed by atoms with Crippen molar-refractivity contribution >= 4 is 33.2 Å². The molecule has 6 nitrogen and oxygen atoms in total. The normalized spacial score (nSPS) is 11.5. The average Bonchev–Trinajstić information content (AvgIpc) is 2.65. The number of halogens is 1. The first-order valence-electron chi connectivity index (χ1n) is 9.04. The van der Waals surface area contributed by atoms with E-state index >= 15 is 0 Å². The lowest BCUT2D eigenvalue weighted by atomic mass is 10.0. The fraction of sp³-hybridized carbons (Fsp3) is 0.350. The number of ether oxygens (including phenoxy) is 1. The molecule has 0 spiro atoms. The Morgan fingerprint density at radius 2 is 1.82 bits per heavy atom. The van der Waals surface area contributed by atoms with E-state index in [2.05, 4.69) is 23.9 Å². The molecule has 0 fully saturated rings. The summed E-state index contributed by atoms with van der Waals surface area (Å²) in [7, 11) is -3.61. The first kappa shape index (κ1) is 22.2. The van der Waals surface area contributed by atoms with Gasteiger partial charge in [-0.05, 0) is 48.2 Å². The highest BCUT2D eigenvalue weighted by molar-refractivity contribution is 7.89. The Morgan fingerprint density at radius 1 is 1.14 bits per heavy atom. The molecule has 0 aliphatic rings. The van der Waals surface area contributed by atoms with Crippen molar-refractivity contribution in [1.29, 1.82) is 0 Å². The van der Waals surface area contributed by atoms with Crippen LogP contribution in [0.25, 0.3) is 0 Å². The van der Waals surface area contributed by atoms with Gasteiger partial charge in [0.15, 0.2) is 6.61 Å². The molecule has 0 unspecified atom stereocenters. The van der Waals surface area contributed by atoms with Gasteiger partial charge >= 0.3 is 0 Å². The van der Waals surface area contributed by atoms with Gasteiger partial charge in [-0.25, -0.2) is 13.1 Å². The Bertz CT molecular complexity index is 912. The van der Waals surface area contributed by atoms with Crippen LogP contribution in [0.5, 0.6) is 5.75 Å². The van der Waals surface area contributed by atoms with Crippen LogP contribution in [0, 0.1) is 0 Å². The van der Waals surface area contributed by atoms with E-state index in [1.54, 1.807) is 0 Å². The van der Waals surface area contributed by atoms with Gasteiger partial charge in [0.2, 0.25) is 10.0 Å². The summed E-state index contributed by atoms with van der Waals surface area (Å²) >= 11 is 6.11. The lowest BCUT2D eigenvalue weighted by Gasteiger charge is -2.11. The molecule has 1 amide bonds. The molecule has 0 aromatic heterocycles. The van der Waals surface area contributed by atoms with Crippen molar-refractivity contribution in [2.45, 2.75) is 38.0 Å². The van der Waals surface area contributed by atoms with Crippen molar-refractivity contribution < 1.29 is 17.9 Å². The van der Waals surface area contributed by atoms with Crippen molar-refractivity contribution in [3.8, 4) is 5.75 Å². The molecule has 152 valence electrons. The summed E-state index contributed by atoms with van der Waals surface area (Å²) in [6.07, 6.45) is 0.684. The van der Waals surface area contributed by atoms with Crippen LogP contribution in [-0.4, -0.2) is 27.5 Å². The second kappa shape index (κ2) is 9.91. The molecule has 0 saturated heterocycles. The number of anilines is 1. The minimum absolute atomic E-state index is 0.0491. The summed E-state index contributed by atoms with van der Waals surface area (Å²) in [4.78, 5) is 12.1. The second-order valence-corrected chi connectivity index (χ2v) is 8.78. The molecule has 0 aliphatic carbocycles. The number of sulfonamides is 1. The molecule has 2 N–H and O–H groups in total. The predicted molar refractivity (Wildman–Crippen MR) is 112 cm³/mol. The maximum atomic E-state index is 12.1. The Balaban J connectivity index is 1.95. The van der Waals surface area contributed by atoms with Crippen molar-refractivity contribution in [1.82, 2.24) is 4.72 Å². The summed E-state index contributed by atoms with van der Waals surface area (Å²) in [6.45, 7) is 6.17. The van der Waals surface area contributed by atoms with Gasteiger partial charge in [0.05, 0.1) is 9.92 Å². The molecule has 0 heterocycles. The lowest BCUT2D eigenvalue weighted by molar-refractivity contribution is -0.118. The van der Waals surface area contributed by atoms with Crippen LogP contribution in [0.15, 0.2) is 47.4 Å². The molecule has 0 saturated carbocycles. The Hall–Kier alpha value is -2.09. The van der Waals surface area contributed by atoms with Gasteiger partial charge in [-0.1, -0.05) is 44.5 Å². The first-order chi connectivity index (χ1) is 13.2. The largest absolute Gasteiger partial charge is 0.482 e. The number of benzene rings is 2. The molecular formula is C20H25ClN2O4S. The van der Waals surface area contributed by atoms with E-state index in [1.165, 1.54) is 23.8 Å². The maximum Gasteiger partial charge on any atom is 0.262 e. The number of rotatable bonds is 9. The zero-order chi connectivity index (χ0) is 20.7. The molecular weight excluding hydrogens is 400 g/mol. The molecule has 8 heteroatoms. The zero-order valence-corrected chi connectivity index (χ0v) is 17.7. The zero-order valence-electron chi connectivity index (χ0n) is 16.2. The molecule has 2 rings (SSSR count). The number of hydrogen-bond donors (Lipinski definition) is 2. The fourth-order valence-electron chi connectivity index (χ4n) is 2.38. The minimum Gasteiger partial charge on any atom is -0.482 e. The van der Waals surface area contributed by atoms with Gasteiger partial charge in [0, 0.05) is 12.2 Å². The van der Waals surface area contributed by atoms with Crippen molar-refractivity contribution in [3.05, 3.63) is 53.1 Å². The van der Waals surface area contributed by atoms with E-state index in [0.29, 0.717) is 24.6 Å². The molecule has 0 radical (unpaired) electrons. The fourth-order valence-corrected chi connectivity index (χ4v) is 3.84. The van der Waals surface area contributed by atoms with Gasteiger partial charge in [0.1, 0.15) is 5.75 Å². The first-order valence-corrected chi connectivity index (χ1v) is 10.9. The summed E-state index contributed by atoms with van der Waals surface area (Å²) in [6, 6.07) is 11.7. The van der Waals surface area contributed by atoms with E-state index < -0.39 is 10.0 Å². The third-order valence-corrected chi connectivity index (χ3v) is 5.73. The Labute approximate surface area is 171 Å². The summed E-state index contributed by atoms with van der Waals surface area (Å²) in [5.74, 6) is 0.315. The minimum atomic E-state index is -3.61. The van der Waals surface area contributed by atoms with E-state index in [9.17, 15) is 13.2 Å². The molecule has 0 bridgehead atoms. The SMILES string of the molecule is CCCNS(=O)(=O)c1ccc(OCC(=O)Nc2ccc(C(C)C)cc2)c(Cl)c1. The standard InChI is InChI=1S/C20H25ClN2O4S/c1-4-11-22-28(25,26)17-9-10-19(18(21)12-17)27-13-20(24)23-16-7-5-15(6-8-16)14(2)3/h5-10,12,14,22H,4,11,13H2,1-3H3,(H,23,24). The lowest BCUT2D eigenvalue weighted by Crippen LogP contribution is -2.24. The van der Waals surface area contributed by atoms with Crippen LogP contribution in [0.2, 0.25) is 5.02 Å². The van der Waals surface area contributed by atoms with Crippen molar-refractivity contribution in [2.75, 3.05) is 18.5 Å². The van der Waals surface area contributed by atoms with Gasteiger partial charge in [-0.3, -0.25) is 4.79 Å². The van der Waals surface area contributed by atoms with E-state index in [0.717, 1.165) is 0 Å². The van der Waals surface area contributed by atoms with E-state index in [4.69, 9.17) is 16.3 Å².